The van der Waals surface area contributed by atoms with Crippen LogP contribution < -0.4 is 4.90 Å². The lowest BCUT2D eigenvalue weighted by atomic mass is 9.94. The van der Waals surface area contributed by atoms with Crippen LogP contribution in [0.25, 0.3) is 10.2 Å². The maximum atomic E-state index is 13.7. The summed E-state index contributed by atoms with van der Waals surface area (Å²) in [4.78, 5) is 34.7. The number of thiazole rings is 1. The van der Waals surface area contributed by atoms with E-state index in [1.807, 2.05) is 54.0 Å². The monoisotopic (exact) mass is 449 g/mol. The van der Waals surface area contributed by atoms with Gasteiger partial charge in [0.2, 0.25) is 11.8 Å². The Morgan fingerprint density at radius 2 is 1.81 bits per heavy atom. The molecule has 0 N–H and O–H groups in total. The Morgan fingerprint density at radius 1 is 1.12 bits per heavy atom. The molecule has 1 aliphatic rings. The van der Waals surface area contributed by atoms with Crippen molar-refractivity contribution in [3.05, 3.63) is 59.2 Å². The molecule has 2 amide bonds. The molecule has 1 saturated heterocycles. The van der Waals surface area contributed by atoms with E-state index in [1.54, 1.807) is 11.3 Å². The molecule has 0 spiro atoms. The zero-order valence-electron chi connectivity index (χ0n) is 19.3. The molecule has 168 valence electrons. The molecule has 0 bridgehead atoms. The van der Waals surface area contributed by atoms with E-state index in [1.165, 1.54) is 5.56 Å². The van der Waals surface area contributed by atoms with Gasteiger partial charge >= 0.3 is 0 Å². The van der Waals surface area contributed by atoms with Crippen LogP contribution in [0.2, 0.25) is 0 Å². The highest BCUT2D eigenvalue weighted by Crippen LogP contribution is 2.34. The average molecular weight is 450 g/mol. The quantitative estimate of drug-likeness (QED) is 0.528. The van der Waals surface area contributed by atoms with Crippen LogP contribution in [0, 0.1) is 25.7 Å². The largest absolute Gasteiger partial charge is 0.342 e. The van der Waals surface area contributed by atoms with Crippen molar-refractivity contribution in [2.45, 2.75) is 47.1 Å². The van der Waals surface area contributed by atoms with E-state index in [-0.39, 0.29) is 23.7 Å². The number of nitrogens with zero attached hydrogens (tertiary/aromatic N) is 3. The lowest BCUT2D eigenvalue weighted by molar-refractivity contribution is -0.137. The minimum absolute atomic E-state index is 0.00808. The van der Waals surface area contributed by atoms with Gasteiger partial charge in [0.05, 0.1) is 16.8 Å². The smallest absolute Gasteiger partial charge is 0.232 e. The van der Waals surface area contributed by atoms with Gasteiger partial charge in [-0.05, 0) is 49.4 Å². The van der Waals surface area contributed by atoms with Crippen LogP contribution in [0.15, 0.2) is 42.5 Å². The lowest BCUT2D eigenvalue weighted by Crippen LogP contribution is -2.45. The summed E-state index contributed by atoms with van der Waals surface area (Å²) in [5, 5.41) is 0.753. The molecule has 5 nitrogen and oxygen atoms in total. The Kier molecular flexibility index (Phi) is 6.60. The Morgan fingerprint density at radius 3 is 2.47 bits per heavy atom. The van der Waals surface area contributed by atoms with Crippen molar-refractivity contribution < 1.29 is 9.59 Å². The van der Waals surface area contributed by atoms with Gasteiger partial charge in [-0.15, -0.1) is 0 Å². The molecule has 0 aliphatic carbocycles. The molecule has 0 unspecified atom stereocenters. The minimum atomic E-state index is -0.0928. The Hall–Kier alpha value is -2.73. The number of carbonyl (C=O) groups excluding carboxylic acids is 2. The number of hydrogen-bond acceptors (Lipinski definition) is 4. The molecular weight excluding hydrogens is 418 g/mol. The third-order valence-electron chi connectivity index (χ3n) is 6.15. The van der Waals surface area contributed by atoms with Gasteiger partial charge in [-0.3, -0.25) is 14.5 Å². The van der Waals surface area contributed by atoms with Gasteiger partial charge in [-0.1, -0.05) is 61.6 Å². The number of benzene rings is 2. The summed E-state index contributed by atoms with van der Waals surface area (Å²) in [5.41, 5.74) is 4.39. The first-order valence-electron chi connectivity index (χ1n) is 11.4. The maximum absolute atomic E-state index is 13.7. The highest BCUT2D eigenvalue weighted by molar-refractivity contribution is 7.22. The molecule has 0 radical (unpaired) electrons. The summed E-state index contributed by atoms with van der Waals surface area (Å²) in [6, 6.07) is 14.4. The molecule has 6 heteroatoms. The second kappa shape index (κ2) is 9.41. The van der Waals surface area contributed by atoms with Crippen molar-refractivity contribution in [3.63, 3.8) is 0 Å². The number of carbonyl (C=O) groups is 2. The van der Waals surface area contributed by atoms with Crippen molar-refractivity contribution in [2.24, 2.45) is 11.8 Å². The zero-order chi connectivity index (χ0) is 22.8. The van der Waals surface area contributed by atoms with E-state index < -0.39 is 0 Å². The van der Waals surface area contributed by atoms with E-state index in [4.69, 9.17) is 4.98 Å². The standard InChI is InChI=1S/C26H31N3O2S/c1-17(2)24(30)28-12-10-21(11-13-28)25(31)29(16-20-8-6-5-7-9-20)26-27-23-19(4)14-18(3)15-22(23)32-26/h5-9,14-15,17,21H,10-13,16H2,1-4H3. The topological polar surface area (TPSA) is 53.5 Å². The van der Waals surface area contributed by atoms with Gasteiger partial charge < -0.3 is 4.90 Å². The highest BCUT2D eigenvalue weighted by Gasteiger charge is 2.32. The van der Waals surface area contributed by atoms with Gasteiger partial charge in [0.1, 0.15) is 0 Å². The normalized spacial score (nSPS) is 14.8. The van der Waals surface area contributed by atoms with Crippen LogP contribution in [-0.4, -0.2) is 34.8 Å². The summed E-state index contributed by atoms with van der Waals surface area (Å²) in [5.74, 6) is 0.184. The number of aryl methyl sites for hydroxylation is 2. The van der Waals surface area contributed by atoms with Crippen LogP contribution in [0.5, 0.6) is 0 Å². The molecule has 32 heavy (non-hydrogen) atoms. The number of rotatable bonds is 5. The summed E-state index contributed by atoms with van der Waals surface area (Å²) in [7, 11) is 0. The van der Waals surface area contributed by atoms with Gasteiger partial charge in [-0.2, -0.15) is 0 Å². The fourth-order valence-electron chi connectivity index (χ4n) is 4.41. The third kappa shape index (κ3) is 4.70. The Labute approximate surface area is 194 Å². The van der Waals surface area contributed by atoms with E-state index in [0.29, 0.717) is 32.5 Å². The zero-order valence-corrected chi connectivity index (χ0v) is 20.1. The molecule has 1 aromatic heterocycles. The molecule has 2 aromatic carbocycles. The lowest BCUT2D eigenvalue weighted by Gasteiger charge is -2.34. The number of fused-ring (bicyclic) bond motifs is 1. The van der Waals surface area contributed by atoms with Crippen molar-refractivity contribution in [1.29, 1.82) is 0 Å². The second-order valence-corrected chi connectivity index (χ2v) is 10.1. The van der Waals surface area contributed by atoms with Crippen LogP contribution in [0.1, 0.15) is 43.4 Å². The van der Waals surface area contributed by atoms with E-state index in [9.17, 15) is 9.59 Å². The van der Waals surface area contributed by atoms with Crippen molar-refractivity contribution >= 4 is 38.5 Å². The van der Waals surface area contributed by atoms with Crippen LogP contribution in [-0.2, 0) is 16.1 Å². The molecule has 1 aliphatic heterocycles. The predicted molar refractivity (Wildman–Crippen MR) is 131 cm³/mol. The van der Waals surface area contributed by atoms with Crippen LogP contribution >= 0.6 is 11.3 Å². The first kappa shape index (κ1) is 22.5. The fraction of sp³-hybridized carbons (Fsp3) is 0.423. The van der Waals surface area contributed by atoms with Crippen LogP contribution in [0.4, 0.5) is 5.13 Å². The predicted octanol–water partition coefficient (Wildman–Crippen LogP) is 5.34. The van der Waals surface area contributed by atoms with Crippen molar-refractivity contribution in [2.75, 3.05) is 18.0 Å². The molecule has 0 atom stereocenters. The van der Waals surface area contributed by atoms with E-state index in [0.717, 1.165) is 26.5 Å². The Balaban J connectivity index is 1.61. The summed E-state index contributed by atoms with van der Waals surface area (Å²) < 4.78 is 1.11. The first-order chi connectivity index (χ1) is 15.3. The molecule has 3 aromatic rings. The molecule has 0 saturated carbocycles. The molecule has 2 heterocycles. The number of aromatic nitrogens is 1. The van der Waals surface area contributed by atoms with Gasteiger partial charge in [-0.25, -0.2) is 4.98 Å². The van der Waals surface area contributed by atoms with Crippen molar-refractivity contribution in [1.82, 2.24) is 9.88 Å². The van der Waals surface area contributed by atoms with E-state index in [2.05, 4.69) is 26.0 Å². The second-order valence-electron chi connectivity index (χ2n) is 9.09. The third-order valence-corrected chi connectivity index (χ3v) is 7.17. The number of hydrogen-bond donors (Lipinski definition) is 0. The first-order valence-corrected chi connectivity index (χ1v) is 12.2. The van der Waals surface area contributed by atoms with E-state index >= 15 is 0 Å². The van der Waals surface area contributed by atoms with Crippen LogP contribution in [0.3, 0.4) is 0 Å². The number of likely N-dealkylation sites (tertiary alicyclic amines) is 1. The SMILES string of the molecule is Cc1cc(C)c2nc(N(Cc3ccccc3)C(=O)C3CCN(C(=O)C(C)C)CC3)sc2c1. The number of anilines is 1. The Bertz CT molecular complexity index is 1110. The van der Waals surface area contributed by atoms with Gasteiger partial charge in [0, 0.05) is 24.9 Å². The van der Waals surface area contributed by atoms with Gasteiger partial charge in [0.15, 0.2) is 5.13 Å². The van der Waals surface area contributed by atoms with Crippen molar-refractivity contribution in [3.8, 4) is 0 Å². The number of piperidine rings is 1. The van der Waals surface area contributed by atoms with Gasteiger partial charge in [0.25, 0.3) is 0 Å². The molecule has 4 rings (SSSR count). The summed E-state index contributed by atoms with van der Waals surface area (Å²) in [6.07, 6.45) is 1.40. The highest BCUT2D eigenvalue weighted by atomic mass is 32.1. The summed E-state index contributed by atoms with van der Waals surface area (Å²) in [6.45, 7) is 9.81. The number of amides is 2. The summed E-state index contributed by atoms with van der Waals surface area (Å²) >= 11 is 1.58. The molecular formula is C26H31N3O2S. The minimum Gasteiger partial charge on any atom is -0.342 e. The fourth-order valence-corrected chi connectivity index (χ4v) is 5.56. The maximum Gasteiger partial charge on any atom is 0.232 e. The average Bonchev–Trinajstić information content (AvgIpc) is 3.21. The molecule has 1 fully saturated rings.